The van der Waals surface area contributed by atoms with Crippen molar-refractivity contribution in [3.8, 4) is 17.1 Å². The van der Waals surface area contributed by atoms with E-state index in [4.69, 9.17) is 0 Å². The molecule has 2 aromatic heterocycles. The predicted octanol–water partition coefficient (Wildman–Crippen LogP) is 3.72. The highest BCUT2D eigenvalue weighted by atomic mass is 32.2. The van der Waals surface area contributed by atoms with Crippen LogP contribution in [0.5, 0.6) is 0 Å². The van der Waals surface area contributed by atoms with Crippen molar-refractivity contribution < 1.29 is 30.4 Å². The second-order valence-electron chi connectivity index (χ2n) is 11.2. The van der Waals surface area contributed by atoms with Crippen LogP contribution < -0.4 is 5.32 Å². The molecule has 2 fully saturated rings. The van der Waals surface area contributed by atoms with Crippen molar-refractivity contribution in [1.82, 2.24) is 33.6 Å². The summed E-state index contributed by atoms with van der Waals surface area (Å²) >= 11 is 0. The van der Waals surface area contributed by atoms with Gasteiger partial charge in [0.1, 0.15) is 34.8 Å². The molecule has 240 valence electrons. The van der Waals surface area contributed by atoms with Gasteiger partial charge in [-0.15, -0.1) is 0 Å². The molecule has 4 heterocycles. The molecule has 0 radical (unpaired) electrons. The van der Waals surface area contributed by atoms with Gasteiger partial charge in [-0.25, -0.2) is 32.2 Å². The van der Waals surface area contributed by atoms with Crippen LogP contribution in [0.2, 0.25) is 0 Å². The minimum atomic E-state index is -4.83. The van der Waals surface area contributed by atoms with Crippen molar-refractivity contribution in [2.75, 3.05) is 57.4 Å². The van der Waals surface area contributed by atoms with Gasteiger partial charge < -0.3 is 14.8 Å². The summed E-state index contributed by atoms with van der Waals surface area (Å²) in [7, 11) is -3.59. The molecule has 1 N–H and O–H groups in total. The summed E-state index contributed by atoms with van der Waals surface area (Å²) in [5, 5.41) is 2.71. The third kappa shape index (κ3) is 7.19. The highest BCUT2D eigenvalue weighted by Gasteiger charge is 2.38. The number of rotatable bonds is 8. The normalized spacial score (nSPS) is 21.1. The van der Waals surface area contributed by atoms with E-state index < -0.39 is 52.0 Å². The van der Waals surface area contributed by atoms with Crippen LogP contribution in [0, 0.1) is 12.7 Å². The molecule has 3 aromatic rings. The van der Waals surface area contributed by atoms with Gasteiger partial charge in [0, 0.05) is 58.2 Å². The number of nitrogens with zero attached hydrogens (tertiary/aromatic N) is 7. The second kappa shape index (κ2) is 12.7. The van der Waals surface area contributed by atoms with Gasteiger partial charge in [0.15, 0.2) is 0 Å². The van der Waals surface area contributed by atoms with Crippen molar-refractivity contribution in [1.29, 1.82) is 0 Å². The molecule has 2 aliphatic rings. The van der Waals surface area contributed by atoms with Crippen LogP contribution in [0.1, 0.15) is 30.3 Å². The molecule has 0 spiro atoms. The number of hydrogen-bond donors (Lipinski definition) is 1. The first-order valence-corrected chi connectivity index (χ1v) is 16.2. The van der Waals surface area contributed by atoms with E-state index in [2.05, 4.69) is 37.0 Å². The van der Waals surface area contributed by atoms with E-state index in [0.717, 1.165) is 48.8 Å². The fourth-order valence-corrected chi connectivity index (χ4v) is 6.41. The number of likely N-dealkylation sites (N-methyl/N-ethyl adjacent to an activating group) is 1. The maximum Gasteiger partial charge on any atom is 0.420 e. The van der Waals surface area contributed by atoms with E-state index >= 15 is 4.39 Å². The largest absolute Gasteiger partial charge is 0.420 e. The topological polar surface area (TPSA) is 99.5 Å². The van der Waals surface area contributed by atoms with Crippen LogP contribution in [0.3, 0.4) is 0 Å². The summed E-state index contributed by atoms with van der Waals surface area (Å²) in [6.45, 7) is 8.54. The fourth-order valence-electron chi connectivity index (χ4n) is 5.56. The standard InChI is InChI=1S/C28H35F5N8O2S/c1-4-38-9-11-39(12-10-38)15-19-5-6-25(21(29)13-19)41-17-24(35-18(41)2)26-20(28(31,32)33)14-34-27(37-26)36-23-7-8-40(16-22(23)30)44(3,42)43/h5-6,13-14,17,22-23H,4,7-12,15-16H2,1-3H3,(H,34,36,37)/t22-,23+/m1/s1. The molecule has 10 nitrogen and oxygen atoms in total. The highest BCUT2D eigenvalue weighted by Crippen LogP contribution is 2.36. The van der Waals surface area contributed by atoms with Crippen molar-refractivity contribution in [2.45, 2.75) is 45.2 Å². The molecule has 44 heavy (non-hydrogen) atoms. The lowest BCUT2D eigenvalue weighted by Gasteiger charge is -2.34. The molecular weight excluding hydrogens is 607 g/mol. The van der Waals surface area contributed by atoms with Crippen LogP contribution >= 0.6 is 0 Å². The summed E-state index contributed by atoms with van der Waals surface area (Å²) in [5.41, 5.74) is -0.964. The molecule has 0 aliphatic carbocycles. The Kier molecular flexibility index (Phi) is 9.26. The van der Waals surface area contributed by atoms with Gasteiger partial charge >= 0.3 is 6.18 Å². The zero-order valence-corrected chi connectivity index (χ0v) is 25.5. The lowest BCUT2D eigenvalue weighted by Crippen LogP contribution is -2.49. The number of piperazine rings is 1. The number of aromatic nitrogens is 4. The summed E-state index contributed by atoms with van der Waals surface area (Å²) < 4.78 is 98.1. The van der Waals surface area contributed by atoms with Gasteiger partial charge in [-0.05, 0) is 37.6 Å². The third-order valence-corrected chi connectivity index (χ3v) is 9.37. The lowest BCUT2D eigenvalue weighted by atomic mass is 10.1. The molecule has 0 amide bonds. The molecule has 1 aromatic carbocycles. The molecular formula is C28H35F5N8O2S. The molecule has 5 rings (SSSR count). The average molecular weight is 643 g/mol. The molecule has 0 bridgehead atoms. The Labute approximate surface area is 253 Å². The quantitative estimate of drug-likeness (QED) is 0.372. The molecule has 0 unspecified atom stereocenters. The average Bonchev–Trinajstić information content (AvgIpc) is 3.34. The van der Waals surface area contributed by atoms with Gasteiger partial charge in [-0.1, -0.05) is 13.0 Å². The zero-order valence-electron chi connectivity index (χ0n) is 24.7. The van der Waals surface area contributed by atoms with Crippen LogP contribution in [0.4, 0.5) is 27.9 Å². The smallest absolute Gasteiger partial charge is 0.348 e. The number of imidazole rings is 1. The highest BCUT2D eigenvalue weighted by molar-refractivity contribution is 7.88. The van der Waals surface area contributed by atoms with Crippen molar-refractivity contribution in [3.05, 3.63) is 53.4 Å². The first-order valence-electron chi connectivity index (χ1n) is 14.3. The van der Waals surface area contributed by atoms with Crippen LogP contribution in [0.25, 0.3) is 17.1 Å². The van der Waals surface area contributed by atoms with Gasteiger partial charge in [-0.2, -0.15) is 17.5 Å². The van der Waals surface area contributed by atoms with Crippen molar-refractivity contribution >= 4 is 16.0 Å². The maximum absolute atomic E-state index is 15.4. The van der Waals surface area contributed by atoms with Gasteiger partial charge in [0.05, 0.1) is 18.0 Å². The van der Waals surface area contributed by atoms with Crippen LogP contribution in [0.15, 0.2) is 30.6 Å². The second-order valence-corrected chi connectivity index (χ2v) is 13.2. The number of piperidine rings is 1. The number of hydrogen-bond acceptors (Lipinski definition) is 8. The number of benzene rings is 1. The molecule has 2 aliphatic heterocycles. The molecule has 2 atom stereocenters. The SMILES string of the molecule is CCN1CCN(Cc2ccc(-n3cc(-c4nc(N[C@H]5CCN(S(C)(=O)=O)C[C@H]5F)ncc4C(F)(F)F)nc3C)c(F)c2)CC1. The van der Waals surface area contributed by atoms with E-state index in [1.165, 1.54) is 16.8 Å². The number of halogens is 5. The number of sulfonamides is 1. The summed E-state index contributed by atoms with van der Waals surface area (Å²) in [6, 6.07) is 3.88. The minimum Gasteiger partial charge on any atom is -0.348 e. The molecule has 16 heteroatoms. The first-order chi connectivity index (χ1) is 20.7. The Morgan fingerprint density at radius 3 is 2.39 bits per heavy atom. The monoisotopic (exact) mass is 642 g/mol. The number of anilines is 1. The molecule has 0 saturated carbocycles. The fraction of sp³-hybridized carbons (Fsp3) is 0.536. The Morgan fingerprint density at radius 1 is 1.07 bits per heavy atom. The third-order valence-electron chi connectivity index (χ3n) is 8.10. The van der Waals surface area contributed by atoms with E-state index in [0.29, 0.717) is 12.7 Å². The van der Waals surface area contributed by atoms with Gasteiger partial charge in [-0.3, -0.25) is 4.90 Å². The summed E-state index contributed by atoms with van der Waals surface area (Å²) in [6.07, 6.45) is -3.55. The molecule has 2 saturated heterocycles. The van der Waals surface area contributed by atoms with Crippen LogP contribution in [-0.2, 0) is 22.7 Å². The summed E-state index contributed by atoms with van der Waals surface area (Å²) in [4.78, 5) is 16.7. The lowest BCUT2D eigenvalue weighted by molar-refractivity contribution is -0.137. The maximum atomic E-state index is 15.4. The van der Waals surface area contributed by atoms with E-state index in [-0.39, 0.29) is 36.1 Å². The summed E-state index contributed by atoms with van der Waals surface area (Å²) in [5.74, 6) is -0.575. The van der Waals surface area contributed by atoms with E-state index in [9.17, 15) is 26.0 Å². The first kappa shape index (κ1) is 32.2. The number of nitrogens with one attached hydrogen (secondary N) is 1. The number of alkyl halides is 4. The van der Waals surface area contributed by atoms with E-state index in [1.54, 1.807) is 19.1 Å². The number of aryl methyl sites for hydroxylation is 1. The van der Waals surface area contributed by atoms with Crippen molar-refractivity contribution in [3.63, 3.8) is 0 Å². The predicted molar refractivity (Wildman–Crippen MR) is 155 cm³/mol. The van der Waals surface area contributed by atoms with E-state index in [1.807, 2.05) is 0 Å². The van der Waals surface area contributed by atoms with Crippen molar-refractivity contribution in [2.24, 2.45) is 0 Å². The van der Waals surface area contributed by atoms with Crippen LogP contribution in [-0.4, -0.2) is 106 Å². The zero-order chi connectivity index (χ0) is 31.8. The Morgan fingerprint density at radius 2 is 1.77 bits per heavy atom. The Hall–Kier alpha value is -3.21. The van der Waals surface area contributed by atoms with Gasteiger partial charge in [0.2, 0.25) is 16.0 Å². The Bertz CT molecular complexity index is 1590. The Balaban J connectivity index is 1.38. The minimum absolute atomic E-state index is 0.0356. The van der Waals surface area contributed by atoms with Gasteiger partial charge in [0.25, 0.3) is 0 Å².